The first-order valence-electron chi connectivity index (χ1n) is 9.25. The van der Waals surface area contributed by atoms with E-state index in [9.17, 15) is 4.79 Å². The molecule has 9 heteroatoms. The van der Waals surface area contributed by atoms with E-state index in [4.69, 9.17) is 8.83 Å². The van der Waals surface area contributed by atoms with Crippen LogP contribution in [0.25, 0.3) is 21.5 Å². The summed E-state index contributed by atoms with van der Waals surface area (Å²) in [6.45, 7) is 1.94. The molecule has 0 saturated carbocycles. The van der Waals surface area contributed by atoms with Crippen molar-refractivity contribution in [3.63, 3.8) is 0 Å². The Morgan fingerprint density at radius 2 is 2.03 bits per heavy atom. The summed E-state index contributed by atoms with van der Waals surface area (Å²) < 4.78 is 11.2. The molecule has 7 nitrogen and oxygen atoms in total. The fourth-order valence-corrected chi connectivity index (χ4v) is 4.80. The maximum absolute atomic E-state index is 12.7. The first kappa shape index (κ1) is 18.8. The molecule has 0 aliphatic carbocycles. The van der Waals surface area contributed by atoms with E-state index in [0.29, 0.717) is 39.3 Å². The third kappa shape index (κ3) is 3.69. The molecular weight excluding hydrogens is 420 g/mol. The molecule has 4 heterocycles. The Kier molecular flexibility index (Phi) is 4.97. The molecule has 0 spiro atoms. The van der Waals surface area contributed by atoms with Crippen LogP contribution in [-0.2, 0) is 6.42 Å². The summed E-state index contributed by atoms with van der Waals surface area (Å²) in [5.74, 6) is 1.77. The van der Waals surface area contributed by atoms with Crippen molar-refractivity contribution in [1.82, 2.24) is 20.2 Å². The van der Waals surface area contributed by atoms with E-state index >= 15 is 0 Å². The number of H-pyrrole nitrogens is 1. The van der Waals surface area contributed by atoms with E-state index < -0.39 is 0 Å². The first-order chi connectivity index (χ1) is 14.7. The van der Waals surface area contributed by atoms with Gasteiger partial charge in [0.25, 0.3) is 10.8 Å². The van der Waals surface area contributed by atoms with Crippen molar-refractivity contribution in [1.29, 1.82) is 0 Å². The van der Waals surface area contributed by atoms with Gasteiger partial charge < -0.3 is 13.8 Å². The molecule has 1 aromatic carbocycles. The lowest BCUT2D eigenvalue weighted by atomic mass is 10.2. The number of rotatable bonds is 6. The SMILES string of the molecule is CC(Sc1nnc(Cc2ccccc2)o1)c1nc2scc(-c3ccco3)c2c(=O)[nH]1. The van der Waals surface area contributed by atoms with Crippen LogP contribution in [0.1, 0.15) is 29.5 Å². The zero-order chi connectivity index (χ0) is 20.5. The summed E-state index contributed by atoms with van der Waals surface area (Å²) in [6, 6.07) is 13.6. The number of nitrogens with one attached hydrogen (secondary N) is 1. The van der Waals surface area contributed by atoms with Crippen molar-refractivity contribution >= 4 is 33.3 Å². The van der Waals surface area contributed by atoms with Gasteiger partial charge in [0.2, 0.25) is 5.89 Å². The number of thioether (sulfide) groups is 1. The topological polar surface area (TPSA) is 97.8 Å². The van der Waals surface area contributed by atoms with E-state index in [1.807, 2.05) is 48.7 Å². The standard InChI is InChI=1S/C21H16N4O3S2/c1-12(30-21-25-24-16(28-21)10-13-6-3-2-4-7-13)18-22-19(26)17-14(11-29-20(17)23-18)15-8-5-9-27-15/h2-9,11-12H,10H2,1H3,(H,22,23,26). The molecule has 1 unspecified atom stereocenters. The highest BCUT2D eigenvalue weighted by molar-refractivity contribution is 7.99. The molecular formula is C21H16N4O3S2. The number of furan rings is 1. The average molecular weight is 437 g/mol. The van der Waals surface area contributed by atoms with Crippen LogP contribution in [-0.4, -0.2) is 20.2 Å². The van der Waals surface area contributed by atoms with Gasteiger partial charge in [-0.1, -0.05) is 42.1 Å². The van der Waals surface area contributed by atoms with E-state index in [-0.39, 0.29) is 10.8 Å². The first-order valence-corrected chi connectivity index (χ1v) is 11.0. The lowest BCUT2D eigenvalue weighted by Gasteiger charge is -2.07. The van der Waals surface area contributed by atoms with Crippen LogP contribution in [0.4, 0.5) is 0 Å². The summed E-state index contributed by atoms with van der Waals surface area (Å²) in [6.07, 6.45) is 2.17. The van der Waals surface area contributed by atoms with Gasteiger partial charge in [-0.25, -0.2) is 4.98 Å². The number of nitrogens with zero attached hydrogens (tertiary/aromatic N) is 3. The smallest absolute Gasteiger partial charge is 0.277 e. The van der Waals surface area contributed by atoms with E-state index in [2.05, 4.69) is 20.2 Å². The minimum absolute atomic E-state index is 0.165. The van der Waals surface area contributed by atoms with E-state index in [1.54, 1.807) is 12.3 Å². The maximum atomic E-state index is 12.7. The Labute approximate surface area is 179 Å². The van der Waals surface area contributed by atoms with Gasteiger partial charge in [0.05, 0.1) is 23.3 Å². The highest BCUT2D eigenvalue weighted by Gasteiger charge is 2.19. The number of thiophene rings is 1. The third-order valence-electron chi connectivity index (χ3n) is 4.56. The van der Waals surface area contributed by atoms with Crippen molar-refractivity contribution in [2.75, 3.05) is 0 Å². The second kappa shape index (κ2) is 7.92. The number of aromatic amines is 1. The molecule has 1 atom stereocenters. The van der Waals surface area contributed by atoms with Crippen molar-refractivity contribution in [3.05, 3.63) is 81.7 Å². The lowest BCUT2D eigenvalue weighted by molar-refractivity contribution is 0.419. The summed E-state index contributed by atoms with van der Waals surface area (Å²) >= 11 is 2.78. The fraction of sp³-hybridized carbons (Fsp3) is 0.143. The minimum Gasteiger partial charge on any atom is -0.464 e. The molecule has 0 radical (unpaired) electrons. The van der Waals surface area contributed by atoms with Crippen molar-refractivity contribution in [3.8, 4) is 11.3 Å². The van der Waals surface area contributed by atoms with Gasteiger partial charge in [-0.05, 0) is 24.6 Å². The Hall–Kier alpha value is -3.17. The molecule has 5 rings (SSSR count). The van der Waals surface area contributed by atoms with Gasteiger partial charge in [0.15, 0.2) is 0 Å². The van der Waals surface area contributed by atoms with E-state index in [1.165, 1.54) is 23.1 Å². The van der Waals surface area contributed by atoms with Gasteiger partial charge in [-0.3, -0.25) is 4.79 Å². The molecule has 0 saturated heterocycles. The Morgan fingerprint density at radius 1 is 1.17 bits per heavy atom. The number of benzene rings is 1. The largest absolute Gasteiger partial charge is 0.464 e. The monoisotopic (exact) mass is 436 g/mol. The van der Waals surface area contributed by atoms with Crippen LogP contribution < -0.4 is 5.56 Å². The average Bonchev–Trinajstić information content (AvgIpc) is 3.49. The van der Waals surface area contributed by atoms with Crippen LogP contribution in [0.15, 0.2) is 73.0 Å². The summed E-state index contributed by atoms with van der Waals surface area (Å²) in [4.78, 5) is 21.0. The Morgan fingerprint density at radius 3 is 2.83 bits per heavy atom. The molecule has 1 N–H and O–H groups in total. The molecule has 0 fully saturated rings. The minimum atomic E-state index is -0.189. The van der Waals surface area contributed by atoms with Crippen LogP contribution in [0.5, 0.6) is 0 Å². The summed E-state index contributed by atoms with van der Waals surface area (Å²) in [7, 11) is 0. The number of fused-ring (bicyclic) bond motifs is 1. The number of aromatic nitrogens is 4. The van der Waals surface area contributed by atoms with Gasteiger partial charge in [0, 0.05) is 10.9 Å². The van der Waals surface area contributed by atoms with Crippen LogP contribution in [0, 0.1) is 0 Å². The summed E-state index contributed by atoms with van der Waals surface area (Å²) in [5.41, 5.74) is 1.67. The predicted octanol–water partition coefficient (Wildman–Crippen LogP) is 5.07. The molecule has 0 aliphatic heterocycles. The zero-order valence-corrected chi connectivity index (χ0v) is 17.5. The van der Waals surface area contributed by atoms with Crippen LogP contribution >= 0.6 is 23.1 Å². The highest BCUT2D eigenvalue weighted by atomic mass is 32.2. The quantitative estimate of drug-likeness (QED) is 0.371. The Balaban J connectivity index is 1.36. The predicted molar refractivity (Wildman–Crippen MR) is 116 cm³/mol. The highest BCUT2D eigenvalue weighted by Crippen LogP contribution is 2.35. The number of hydrogen-bond acceptors (Lipinski definition) is 8. The van der Waals surface area contributed by atoms with Gasteiger partial charge >= 0.3 is 0 Å². The third-order valence-corrected chi connectivity index (χ3v) is 6.37. The fourth-order valence-electron chi connectivity index (χ4n) is 3.11. The Bertz CT molecular complexity index is 1340. The summed E-state index contributed by atoms with van der Waals surface area (Å²) in [5, 5.41) is 10.9. The van der Waals surface area contributed by atoms with Gasteiger partial charge in [-0.2, -0.15) is 0 Å². The zero-order valence-electron chi connectivity index (χ0n) is 15.9. The van der Waals surface area contributed by atoms with Crippen LogP contribution in [0.2, 0.25) is 0 Å². The molecule has 0 amide bonds. The van der Waals surface area contributed by atoms with Gasteiger partial charge in [0.1, 0.15) is 16.4 Å². The van der Waals surface area contributed by atoms with Gasteiger partial charge in [-0.15, -0.1) is 21.5 Å². The van der Waals surface area contributed by atoms with Crippen molar-refractivity contribution < 1.29 is 8.83 Å². The normalized spacial score (nSPS) is 12.4. The molecule has 0 bridgehead atoms. The maximum Gasteiger partial charge on any atom is 0.277 e. The molecule has 150 valence electrons. The van der Waals surface area contributed by atoms with Crippen LogP contribution in [0.3, 0.4) is 0 Å². The van der Waals surface area contributed by atoms with Crippen molar-refractivity contribution in [2.24, 2.45) is 0 Å². The molecule has 30 heavy (non-hydrogen) atoms. The molecule has 4 aromatic heterocycles. The molecule has 0 aliphatic rings. The molecule has 5 aromatic rings. The van der Waals surface area contributed by atoms with Crippen molar-refractivity contribution in [2.45, 2.75) is 23.8 Å². The number of hydrogen-bond donors (Lipinski definition) is 1. The second-order valence-corrected chi connectivity index (χ2v) is 8.79. The van der Waals surface area contributed by atoms with E-state index in [0.717, 1.165) is 11.1 Å². The lowest BCUT2D eigenvalue weighted by Crippen LogP contribution is -2.12. The second-order valence-electron chi connectivity index (χ2n) is 6.64.